The van der Waals surface area contributed by atoms with Gasteiger partial charge >= 0.3 is 0 Å². The smallest absolute Gasteiger partial charge is 0.171 e. The molecule has 0 radical (unpaired) electrons. The van der Waals surface area contributed by atoms with E-state index in [0.717, 1.165) is 18.8 Å². The molecule has 23 heavy (non-hydrogen) atoms. The van der Waals surface area contributed by atoms with Crippen molar-refractivity contribution in [3.8, 4) is 0 Å². The number of anilines is 1. The van der Waals surface area contributed by atoms with Gasteiger partial charge in [0.2, 0.25) is 0 Å². The monoisotopic (exact) mass is 327 g/mol. The Morgan fingerprint density at radius 3 is 2.39 bits per heavy atom. The number of rotatable bonds is 5. The third-order valence-electron chi connectivity index (χ3n) is 3.90. The van der Waals surface area contributed by atoms with E-state index in [2.05, 4.69) is 79.9 Å². The maximum Gasteiger partial charge on any atom is 0.171 e. The topological polar surface area (TPSA) is 27.3 Å². The molecule has 0 heterocycles. The number of nitrogens with one attached hydrogen (secondary N) is 2. The van der Waals surface area contributed by atoms with Crippen molar-refractivity contribution in [1.29, 1.82) is 0 Å². The minimum Gasteiger partial charge on any atom is -0.358 e. The Morgan fingerprint density at radius 2 is 1.70 bits per heavy atom. The van der Waals surface area contributed by atoms with E-state index in [1.165, 1.54) is 22.3 Å². The van der Waals surface area contributed by atoms with Crippen LogP contribution in [-0.2, 0) is 13.1 Å². The van der Waals surface area contributed by atoms with E-state index in [-0.39, 0.29) is 0 Å². The maximum atomic E-state index is 5.44. The number of thiocarbonyl (C=S) groups is 1. The summed E-state index contributed by atoms with van der Waals surface area (Å²) in [6, 6.07) is 14.7. The Bertz CT molecular complexity index is 680. The molecule has 0 aromatic heterocycles. The minimum absolute atomic E-state index is 0.651. The summed E-state index contributed by atoms with van der Waals surface area (Å²) in [6.45, 7) is 5.86. The molecule has 0 amide bonds. The highest BCUT2D eigenvalue weighted by atomic mass is 32.1. The normalized spacial score (nSPS) is 10.7. The van der Waals surface area contributed by atoms with Crippen molar-refractivity contribution in [3.63, 3.8) is 0 Å². The average molecular weight is 327 g/mol. The molecule has 2 N–H and O–H groups in total. The molecule has 2 rings (SSSR count). The Balaban J connectivity index is 1.98. The van der Waals surface area contributed by atoms with Crippen LogP contribution >= 0.6 is 12.2 Å². The first-order chi connectivity index (χ1) is 11.0. The van der Waals surface area contributed by atoms with Gasteiger partial charge in [-0.1, -0.05) is 36.4 Å². The number of aryl methyl sites for hydroxylation is 1. The Labute approximate surface area is 144 Å². The van der Waals surface area contributed by atoms with Crippen LogP contribution in [-0.4, -0.2) is 24.1 Å². The van der Waals surface area contributed by atoms with E-state index >= 15 is 0 Å². The molecular formula is C19H25N3S. The first-order valence-corrected chi connectivity index (χ1v) is 8.21. The molecule has 0 fully saturated rings. The standard InChI is InChI=1S/C19H25N3S/c1-14-8-7-11-18(15(14)2)21-19(23)20-12-16-9-5-6-10-17(16)13-22(3)4/h5-11H,12-13H2,1-4H3,(H2,20,21,23). The Hall–Kier alpha value is -1.91. The van der Waals surface area contributed by atoms with Crippen LogP contribution in [0.1, 0.15) is 22.3 Å². The van der Waals surface area contributed by atoms with Gasteiger partial charge in [0.25, 0.3) is 0 Å². The summed E-state index contributed by atoms with van der Waals surface area (Å²) in [6.07, 6.45) is 0. The number of nitrogens with zero attached hydrogens (tertiary/aromatic N) is 1. The van der Waals surface area contributed by atoms with Crippen LogP contribution in [0.4, 0.5) is 5.69 Å². The summed E-state index contributed by atoms with van der Waals surface area (Å²) < 4.78 is 0. The summed E-state index contributed by atoms with van der Waals surface area (Å²) >= 11 is 5.44. The highest BCUT2D eigenvalue weighted by molar-refractivity contribution is 7.80. The zero-order chi connectivity index (χ0) is 16.8. The summed E-state index contributed by atoms with van der Waals surface area (Å²) in [5, 5.41) is 7.25. The lowest BCUT2D eigenvalue weighted by atomic mass is 10.1. The second-order valence-electron chi connectivity index (χ2n) is 6.06. The minimum atomic E-state index is 0.651. The zero-order valence-corrected chi connectivity index (χ0v) is 15.1. The van der Waals surface area contributed by atoms with Gasteiger partial charge in [0.05, 0.1) is 0 Å². The first kappa shape index (κ1) is 17.4. The predicted molar refractivity (Wildman–Crippen MR) is 103 cm³/mol. The molecule has 2 aromatic carbocycles. The summed E-state index contributed by atoms with van der Waals surface area (Å²) in [7, 11) is 4.16. The van der Waals surface area contributed by atoms with Crippen LogP contribution in [0.2, 0.25) is 0 Å². The number of benzene rings is 2. The second-order valence-corrected chi connectivity index (χ2v) is 6.47. The summed E-state index contributed by atoms with van der Waals surface area (Å²) in [4.78, 5) is 2.17. The van der Waals surface area contributed by atoms with Crippen molar-refractivity contribution >= 4 is 23.0 Å². The molecule has 0 unspecified atom stereocenters. The van der Waals surface area contributed by atoms with Crippen LogP contribution in [0.15, 0.2) is 42.5 Å². The molecule has 122 valence electrons. The number of hydrogen-bond acceptors (Lipinski definition) is 2. The molecule has 0 bridgehead atoms. The van der Waals surface area contributed by atoms with Gasteiger partial charge in [0, 0.05) is 18.8 Å². The van der Waals surface area contributed by atoms with E-state index in [0.29, 0.717) is 5.11 Å². The number of hydrogen-bond donors (Lipinski definition) is 2. The maximum absolute atomic E-state index is 5.44. The van der Waals surface area contributed by atoms with Gasteiger partial charge in [-0.05, 0) is 68.5 Å². The van der Waals surface area contributed by atoms with E-state index in [1.807, 2.05) is 6.07 Å². The van der Waals surface area contributed by atoms with E-state index in [4.69, 9.17) is 12.2 Å². The second kappa shape index (κ2) is 8.09. The van der Waals surface area contributed by atoms with Crippen molar-refractivity contribution in [1.82, 2.24) is 10.2 Å². The largest absolute Gasteiger partial charge is 0.358 e. The molecule has 0 spiro atoms. The van der Waals surface area contributed by atoms with Crippen LogP contribution in [0.25, 0.3) is 0 Å². The molecular weight excluding hydrogens is 302 g/mol. The van der Waals surface area contributed by atoms with E-state index in [9.17, 15) is 0 Å². The fourth-order valence-electron chi connectivity index (χ4n) is 2.45. The Kier molecular flexibility index (Phi) is 6.13. The fraction of sp³-hybridized carbons (Fsp3) is 0.316. The molecule has 0 atom stereocenters. The lowest BCUT2D eigenvalue weighted by Gasteiger charge is -2.17. The first-order valence-electron chi connectivity index (χ1n) is 7.80. The molecule has 0 aliphatic rings. The van der Waals surface area contributed by atoms with Crippen LogP contribution < -0.4 is 10.6 Å². The molecule has 0 aliphatic heterocycles. The highest BCUT2D eigenvalue weighted by Gasteiger charge is 2.06. The summed E-state index contributed by atoms with van der Waals surface area (Å²) in [5.74, 6) is 0. The molecule has 2 aromatic rings. The molecule has 0 saturated heterocycles. The van der Waals surface area contributed by atoms with Crippen molar-refractivity contribution in [2.24, 2.45) is 0 Å². The van der Waals surface area contributed by atoms with E-state index in [1.54, 1.807) is 0 Å². The van der Waals surface area contributed by atoms with Crippen molar-refractivity contribution in [3.05, 3.63) is 64.7 Å². The molecule has 3 nitrogen and oxygen atoms in total. The van der Waals surface area contributed by atoms with Crippen LogP contribution in [0, 0.1) is 13.8 Å². The van der Waals surface area contributed by atoms with Gasteiger partial charge in [-0.2, -0.15) is 0 Å². The predicted octanol–water partition coefficient (Wildman–Crippen LogP) is 3.85. The molecule has 0 aliphatic carbocycles. The quantitative estimate of drug-likeness (QED) is 0.816. The van der Waals surface area contributed by atoms with Crippen molar-refractivity contribution in [2.75, 3.05) is 19.4 Å². The SMILES string of the molecule is Cc1cccc(NC(=S)NCc2ccccc2CN(C)C)c1C. The summed E-state index contributed by atoms with van der Waals surface area (Å²) in [5.41, 5.74) is 6.13. The van der Waals surface area contributed by atoms with E-state index < -0.39 is 0 Å². The third-order valence-corrected chi connectivity index (χ3v) is 4.14. The van der Waals surface area contributed by atoms with Gasteiger partial charge < -0.3 is 15.5 Å². The van der Waals surface area contributed by atoms with Crippen LogP contribution in [0.3, 0.4) is 0 Å². The van der Waals surface area contributed by atoms with Crippen LogP contribution in [0.5, 0.6) is 0 Å². The third kappa shape index (κ3) is 5.05. The average Bonchev–Trinajstić information content (AvgIpc) is 2.50. The lowest BCUT2D eigenvalue weighted by molar-refractivity contribution is 0.401. The lowest BCUT2D eigenvalue weighted by Crippen LogP contribution is -2.29. The Morgan fingerprint density at radius 1 is 1.00 bits per heavy atom. The molecule has 0 saturated carbocycles. The van der Waals surface area contributed by atoms with Gasteiger partial charge in [-0.15, -0.1) is 0 Å². The van der Waals surface area contributed by atoms with Crippen molar-refractivity contribution < 1.29 is 0 Å². The van der Waals surface area contributed by atoms with Crippen molar-refractivity contribution in [2.45, 2.75) is 26.9 Å². The van der Waals surface area contributed by atoms with Gasteiger partial charge in [-0.25, -0.2) is 0 Å². The van der Waals surface area contributed by atoms with Gasteiger partial charge in [0.15, 0.2) is 5.11 Å². The van der Waals surface area contributed by atoms with Gasteiger partial charge in [0.1, 0.15) is 0 Å². The van der Waals surface area contributed by atoms with Gasteiger partial charge in [-0.3, -0.25) is 0 Å². The molecule has 4 heteroatoms. The zero-order valence-electron chi connectivity index (χ0n) is 14.3. The highest BCUT2D eigenvalue weighted by Crippen LogP contribution is 2.18. The fourth-order valence-corrected chi connectivity index (χ4v) is 2.64.